The van der Waals surface area contributed by atoms with Crippen LogP contribution in [0.3, 0.4) is 0 Å². The molecule has 0 unspecified atom stereocenters. The number of nitrogens with zero attached hydrogens (tertiary/aromatic N) is 5. The van der Waals surface area contributed by atoms with E-state index >= 15 is 0 Å². The third-order valence-electron chi connectivity index (χ3n) is 15.9. The van der Waals surface area contributed by atoms with Gasteiger partial charge in [-0.3, -0.25) is 0 Å². The third-order valence-corrected chi connectivity index (χ3v) is 15.9. The molecular formula is C63H48N5OPt-3. The van der Waals surface area contributed by atoms with Gasteiger partial charge in [0.1, 0.15) is 11.6 Å². The Morgan fingerprint density at radius 2 is 1.19 bits per heavy atom. The molecule has 7 aromatic carbocycles. The quantitative estimate of drug-likeness (QED) is 0.135. The molecule has 6 nitrogen and oxygen atoms in total. The van der Waals surface area contributed by atoms with Crippen molar-refractivity contribution in [2.24, 2.45) is 23.7 Å². The smallest absolute Gasteiger partial charge is 0.135 e. The Bertz CT molecular complexity index is 3470. The maximum absolute atomic E-state index is 6.76. The Hall–Kier alpha value is -7.27. The number of hydrogen-bond acceptors (Lipinski definition) is 5. The molecule has 0 amide bonds. The summed E-state index contributed by atoms with van der Waals surface area (Å²) in [4.78, 5) is 14.5. The summed E-state index contributed by atoms with van der Waals surface area (Å²) in [6, 6.07) is 74.3. The summed E-state index contributed by atoms with van der Waals surface area (Å²) < 4.78 is 9.06. The number of hydrogen-bond donors (Lipinski definition) is 0. The SMILES string of the molecule is [Pt].[c-]1c(Oc2[c-]c3c(cc2)c2ccccc2n3-c2cc(C3(c4ccccc4)C4CC5CC(C4)CC3C5)ccn2)cccc1N1[CH-]N(c2c(-c3ccccc3)cccc2-c2ccccc2)c2cccnc21. The predicted octanol–water partition coefficient (Wildman–Crippen LogP) is 15.4. The molecule has 4 aliphatic carbocycles. The molecule has 344 valence electrons. The number of ether oxygens (including phenoxy) is 1. The average Bonchev–Trinajstić information content (AvgIpc) is 3.95. The largest absolute Gasteiger partial charge is 0.509 e. The van der Waals surface area contributed by atoms with Crippen molar-refractivity contribution in [1.29, 1.82) is 0 Å². The van der Waals surface area contributed by atoms with Crippen molar-refractivity contribution in [3.63, 3.8) is 0 Å². The minimum atomic E-state index is -0.0285. The van der Waals surface area contributed by atoms with Crippen LogP contribution in [0.1, 0.15) is 43.2 Å². The zero-order valence-corrected chi connectivity index (χ0v) is 40.7. The van der Waals surface area contributed by atoms with Crippen molar-refractivity contribution in [2.45, 2.75) is 37.5 Å². The molecule has 0 atom stereocenters. The molecule has 0 spiro atoms. The fourth-order valence-electron chi connectivity index (χ4n) is 13.3. The molecule has 10 aromatic rings. The van der Waals surface area contributed by atoms with Gasteiger partial charge in [-0.1, -0.05) is 139 Å². The van der Waals surface area contributed by atoms with Crippen LogP contribution in [-0.4, -0.2) is 14.5 Å². The Morgan fingerprint density at radius 3 is 1.91 bits per heavy atom. The van der Waals surface area contributed by atoms with Gasteiger partial charge in [-0.05, 0) is 114 Å². The van der Waals surface area contributed by atoms with E-state index in [1.807, 2.05) is 36.7 Å². The van der Waals surface area contributed by atoms with E-state index in [1.165, 1.54) is 43.2 Å². The molecule has 0 N–H and O–H groups in total. The van der Waals surface area contributed by atoms with Crippen molar-refractivity contribution in [3.05, 3.63) is 230 Å². The van der Waals surface area contributed by atoms with E-state index in [9.17, 15) is 0 Å². The molecule has 15 rings (SSSR count). The van der Waals surface area contributed by atoms with Gasteiger partial charge < -0.3 is 19.1 Å². The topological polar surface area (TPSA) is 46.4 Å². The maximum atomic E-state index is 6.76. The van der Waals surface area contributed by atoms with Crippen molar-refractivity contribution < 1.29 is 25.8 Å². The normalized spacial score (nSPS) is 21.0. The first-order valence-corrected chi connectivity index (χ1v) is 24.5. The van der Waals surface area contributed by atoms with E-state index in [0.29, 0.717) is 23.3 Å². The summed E-state index contributed by atoms with van der Waals surface area (Å²) in [5.41, 5.74) is 12.2. The second kappa shape index (κ2) is 17.3. The molecule has 4 heterocycles. The van der Waals surface area contributed by atoms with Gasteiger partial charge in [0.15, 0.2) is 0 Å². The van der Waals surface area contributed by atoms with Gasteiger partial charge in [-0.25, -0.2) is 9.97 Å². The van der Waals surface area contributed by atoms with Crippen LogP contribution in [0.15, 0.2) is 200 Å². The van der Waals surface area contributed by atoms with Crippen molar-refractivity contribution >= 4 is 44.7 Å². The first-order valence-electron chi connectivity index (χ1n) is 24.5. The predicted molar refractivity (Wildman–Crippen MR) is 277 cm³/mol. The number of rotatable bonds is 9. The number of fused-ring (bicyclic) bond motifs is 4. The van der Waals surface area contributed by atoms with Gasteiger partial charge in [0.2, 0.25) is 0 Å². The van der Waals surface area contributed by atoms with Crippen LogP contribution in [0.5, 0.6) is 11.5 Å². The summed E-state index contributed by atoms with van der Waals surface area (Å²) in [5.74, 6) is 5.89. The van der Waals surface area contributed by atoms with Crippen molar-refractivity contribution in [2.75, 3.05) is 9.80 Å². The molecule has 4 saturated carbocycles. The molecule has 7 heteroatoms. The van der Waals surface area contributed by atoms with E-state index in [0.717, 1.165) is 84.6 Å². The van der Waals surface area contributed by atoms with Crippen molar-refractivity contribution in [3.8, 4) is 39.6 Å². The first-order chi connectivity index (χ1) is 34.2. The molecule has 5 aliphatic rings. The van der Waals surface area contributed by atoms with E-state index in [-0.39, 0.29) is 26.5 Å². The van der Waals surface area contributed by atoms with Gasteiger partial charge in [-0.15, -0.1) is 42.4 Å². The minimum Gasteiger partial charge on any atom is -0.509 e. The van der Waals surface area contributed by atoms with Gasteiger partial charge >= 0.3 is 0 Å². The van der Waals surface area contributed by atoms with Gasteiger partial charge in [-0.2, -0.15) is 12.1 Å². The maximum Gasteiger partial charge on any atom is 0.135 e. The molecule has 0 radical (unpaired) electrons. The second-order valence-electron chi connectivity index (χ2n) is 19.5. The van der Waals surface area contributed by atoms with Crippen LogP contribution in [-0.2, 0) is 26.5 Å². The van der Waals surface area contributed by atoms with Crippen LogP contribution in [0.4, 0.5) is 22.9 Å². The molecule has 4 fully saturated rings. The minimum absolute atomic E-state index is 0. The number of para-hydroxylation sites is 2. The monoisotopic (exact) mass is 1090 g/mol. The van der Waals surface area contributed by atoms with Crippen LogP contribution in [0, 0.1) is 42.5 Å². The average molecular weight is 1090 g/mol. The standard InChI is InChI=1S/C63H48N5O.Pt/c1-4-15-44(16-5-1)53-24-13-25-54(45-17-6-2-7-18-45)61(53)67-41-66(62-58(67)27-14-31-65-62)50-21-12-22-51(39-50)69-52-28-29-56-55-23-10-11-26-57(55)68(59(56)40-52)60-38-47(30-32-64-60)63(46-19-8-3-9-20-46)48-34-42-33-43(36-48)37-49(63)35-42;/h1-32,38,41-43,48-49H,33-37H2;/q-3;. The van der Waals surface area contributed by atoms with Gasteiger partial charge in [0.25, 0.3) is 0 Å². The molecular weight excluding hydrogens is 1040 g/mol. The van der Waals surface area contributed by atoms with Crippen molar-refractivity contribution in [1.82, 2.24) is 14.5 Å². The summed E-state index contributed by atoms with van der Waals surface area (Å²) >= 11 is 0. The Morgan fingerprint density at radius 1 is 0.529 bits per heavy atom. The summed E-state index contributed by atoms with van der Waals surface area (Å²) in [7, 11) is 0. The second-order valence-corrected chi connectivity index (χ2v) is 19.5. The fraction of sp³-hybridized carbons (Fsp3) is 0.159. The van der Waals surface area contributed by atoms with Crippen LogP contribution < -0.4 is 14.5 Å². The van der Waals surface area contributed by atoms with E-state index in [2.05, 4.69) is 197 Å². The number of benzene rings is 7. The van der Waals surface area contributed by atoms with E-state index in [4.69, 9.17) is 14.7 Å². The van der Waals surface area contributed by atoms with Crippen LogP contribution >= 0.6 is 0 Å². The number of pyridine rings is 2. The van der Waals surface area contributed by atoms with E-state index in [1.54, 1.807) is 0 Å². The summed E-state index contributed by atoms with van der Waals surface area (Å²) in [6.45, 7) is 2.13. The zero-order valence-electron chi connectivity index (χ0n) is 38.4. The van der Waals surface area contributed by atoms with Crippen LogP contribution in [0.2, 0.25) is 0 Å². The molecule has 0 saturated heterocycles. The Balaban J connectivity index is 0.00000480. The van der Waals surface area contributed by atoms with E-state index < -0.39 is 0 Å². The number of aromatic nitrogens is 3. The first kappa shape index (κ1) is 42.8. The Labute approximate surface area is 423 Å². The molecule has 70 heavy (non-hydrogen) atoms. The Kier molecular flexibility index (Phi) is 10.6. The third kappa shape index (κ3) is 6.86. The zero-order chi connectivity index (χ0) is 45.5. The molecule has 4 bridgehead atoms. The fourth-order valence-corrected chi connectivity index (χ4v) is 13.3. The van der Waals surface area contributed by atoms with Gasteiger partial charge in [0, 0.05) is 72.7 Å². The summed E-state index contributed by atoms with van der Waals surface area (Å²) in [5, 5.41) is 2.27. The van der Waals surface area contributed by atoms with Crippen LogP contribution in [0.25, 0.3) is 49.9 Å². The van der Waals surface area contributed by atoms with Gasteiger partial charge in [0.05, 0.1) is 5.69 Å². The summed E-state index contributed by atoms with van der Waals surface area (Å²) in [6.07, 6.45) is 10.6. The number of anilines is 4. The molecule has 3 aromatic heterocycles. The molecule has 1 aliphatic heterocycles.